The van der Waals surface area contributed by atoms with Crippen molar-refractivity contribution < 1.29 is 13.9 Å². The van der Waals surface area contributed by atoms with E-state index in [0.717, 1.165) is 0 Å². The molecule has 0 heterocycles. The highest BCUT2D eigenvalue weighted by Gasteiger charge is 2.14. The van der Waals surface area contributed by atoms with Gasteiger partial charge >= 0.3 is 0 Å². The van der Waals surface area contributed by atoms with Gasteiger partial charge in [-0.3, -0.25) is 4.79 Å². The van der Waals surface area contributed by atoms with Gasteiger partial charge in [0.25, 0.3) is 0 Å². The molecule has 0 fully saturated rings. The maximum atomic E-state index is 13.6. The normalized spacial score (nSPS) is 12.5. The van der Waals surface area contributed by atoms with Crippen molar-refractivity contribution in [2.75, 3.05) is 7.11 Å². The summed E-state index contributed by atoms with van der Waals surface area (Å²) >= 11 is 3.06. The molecule has 1 rings (SSSR count). The van der Waals surface area contributed by atoms with Crippen molar-refractivity contribution in [3.8, 4) is 0 Å². The minimum absolute atomic E-state index is 0.0131. The molecule has 0 aliphatic carbocycles. The number of carbonyl (C=O) groups excluding carboxylic acids is 1. The molecule has 0 aliphatic heterocycles. The van der Waals surface area contributed by atoms with Crippen LogP contribution in [0.2, 0.25) is 0 Å². The first-order valence-corrected chi connectivity index (χ1v) is 5.85. The summed E-state index contributed by atoms with van der Waals surface area (Å²) in [7, 11) is 1.59. The van der Waals surface area contributed by atoms with Crippen molar-refractivity contribution >= 4 is 21.7 Å². The highest BCUT2D eigenvalue weighted by atomic mass is 79.9. The summed E-state index contributed by atoms with van der Waals surface area (Å²) in [5.74, 6) is -0.680. The number of ether oxygens (including phenoxy) is 1. The van der Waals surface area contributed by atoms with Crippen molar-refractivity contribution in [1.29, 1.82) is 0 Å². The molecule has 0 N–H and O–H groups in total. The summed E-state index contributed by atoms with van der Waals surface area (Å²) in [6.45, 7) is 1.88. The molecule has 0 spiro atoms. The van der Waals surface area contributed by atoms with Crippen LogP contribution in [0.3, 0.4) is 0 Å². The van der Waals surface area contributed by atoms with Crippen LogP contribution >= 0.6 is 15.9 Å². The van der Waals surface area contributed by atoms with Crippen molar-refractivity contribution in [3.63, 3.8) is 0 Å². The molecule has 88 valence electrons. The SMILES string of the molecule is COC(C)CCC(=O)c1cccc(Br)c1F. The Bertz CT molecular complexity index is 379. The summed E-state index contributed by atoms with van der Waals surface area (Å²) in [5, 5.41) is 0. The number of Topliss-reactive ketones (excluding diaryl/α,β-unsaturated/α-hetero) is 1. The fourth-order valence-corrected chi connectivity index (χ4v) is 1.67. The maximum absolute atomic E-state index is 13.6. The van der Waals surface area contributed by atoms with Crippen LogP contribution in [0.15, 0.2) is 22.7 Å². The molecule has 4 heteroatoms. The number of halogens is 2. The zero-order valence-electron chi connectivity index (χ0n) is 9.30. The number of methoxy groups -OCH3 is 1. The number of ketones is 1. The molecule has 1 aromatic rings. The van der Waals surface area contributed by atoms with Gasteiger partial charge in [0.1, 0.15) is 5.82 Å². The second kappa shape index (κ2) is 6.11. The second-order valence-corrected chi connectivity index (χ2v) is 4.46. The quantitative estimate of drug-likeness (QED) is 0.774. The van der Waals surface area contributed by atoms with Crippen molar-refractivity contribution in [2.24, 2.45) is 0 Å². The third kappa shape index (κ3) is 3.39. The van der Waals surface area contributed by atoms with E-state index in [-0.39, 0.29) is 17.5 Å². The summed E-state index contributed by atoms with van der Waals surface area (Å²) in [4.78, 5) is 11.7. The Morgan fingerprint density at radius 3 is 2.88 bits per heavy atom. The van der Waals surface area contributed by atoms with Crippen LogP contribution in [0.5, 0.6) is 0 Å². The Labute approximate surface area is 103 Å². The third-order valence-electron chi connectivity index (χ3n) is 2.43. The van der Waals surface area contributed by atoms with Gasteiger partial charge in [0.2, 0.25) is 0 Å². The van der Waals surface area contributed by atoms with Gasteiger partial charge in [-0.15, -0.1) is 0 Å². The molecule has 0 aromatic heterocycles. The van der Waals surface area contributed by atoms with E-state index in [2.05, 4.69) is 15.9 Å². The largest absolute Gasteiger partial charge is 0.382 e. The van der Waals surface area contributed by atoms with Gasteiger partial charge in [-0.1, -0.05) is 6.07 Å². The van der Waals surface area contributed by atoms with E-state index in [9.17, 15) is 9.18 Å². The molecular weight excluding hydrogens is 275 g/mol. The van der Waals surface area contributed by atoms with E-state index in [1.807, 2.05) is 6.92 Å². The van der Waals surface area contributed by atoms with Crippen molar-refractivity contribution in [1.82, 2.24) is 0 Å². The molecule has 0 saturated carbocycles. The molecule has 0 bridgehead atoms. The average Bonchev–Trinajstić information content (AvgIpc) is 2.29. The number of carbonyl (C=O) groups is 1. The summed E-state index contributed by atoms with van der Waals surface area (Å²) in [6.07, 6.45) is 0.906. The predicted octanol–water partition coefficient (Wildman–Crippen LogP) is 3.59. The van der Waals surface area contributed by atoms with Crippen LogP contribution < -0.4 is 0 Å². The highest BCUT2D eigenvalue weighted by Crippen LogP contribution is 2.20. The number of rotatable bonds is 5. The summed E-state index contributed by atoms with van der Waals surface area (Å²) < 4.78 is 18.9. The molecule has 0 saturated heterocycles. The Morgan fingerprint density at radius 1 is 1.56 bits per heavy atom. The number of hydrogen-bond acceptors (Lipinski definition) is 2. The van der Waals surface area contributed by atoms with E-state index in [1.54, 1.807) is 19.2 Å². The van der Waals surface area contributed by atoms with E-state index in [4.69, 9.17) is 4.74 Å². The Balaban J connectivity index is 2.70. The molecule has 16 heavy (non-hydrogen) atoms. The zero-order valence-corrected chi connectivity index (χ0v) is 10.9. The van der Waals surface area contributed by atoms with Crippen LogP contribution in [-0.2, 0) is 4.74 Å². The average molecular weight is 289 g/mol. The van der Waals surface area contributed by atoms with Gasteiger partial charge < -0.3 is 4.74 Å². The number of benzene rings is 1. The molecule has 0 amide bonds. The fraction of sp³-hybridized carbons (Fsp3) is 0.417. The van der Waals surface area contributed by atoms with Crippen molar-refractivity contribution in [2.45, 2.75) is 25.9 Å². The van der Waals surface area contributed by atoms with Crippen LogP contribution in [0.25, 0.3) is 0 Å². The first-order valence-electron chi connectivity index (χ1n) is 5.06. The summed E-state index contributed by atoms with van der Waals surface area (Å²) in [5.41, 5.74) is 0.137. The lowest BCUT2D eigenvalue weighted by Gasteiger charge is -2.08. The van der Waals surface area contributed by atoms with Crippen LogP contribution in [0, 0.1) is 5.82 Å². The Hall–Kier alpha value is -0.740. The second-order valence-electron chi connectivity index (χ2n) is 3.61. The topological polar surface area (TPSA) is 26.3 Å². The van der Waals surface area contributed by atoms with Crippen LogP contribution in [0.4, 0.5) is 4.39 Å². The zero-order chi connectivity index (χ0) is 12.1. The summed E-state index contributed by atoms with van der Waals surface area (Å²) in [6, 6.07) is 4.73. The monoisotopic (exact) mass is 288 g/mol. The third-order valence-corrected chi connectivity index (χ3v) is 3.04. The minimum atomic E-state index is -0.488. The van der Waals surface area contributed by atoms with Crippen LogP contribution in [-0.4, -0.2) is 19.0 Å². The van der Waals surface area contributed by atoms with E-state index >= 15 is 0 Å². The maximum Gasteiger partial charge on any atom is 0.165 e. The highest BCUT2D eigenvalue weighted by molar-refractivity contribution is 9.10. The molecule has 1 unspecified atom stereocenters. The van der Waals surface area contributed by atoms with Crippen molar-refractivity contribution in [3.05, 3.63) is 34.1 Å². The van der Waals surface area contributed by atoms with E-state index in [1.165, 1.54) is 6.07 Å². The molecule has 0 radical (unpaired) electrons. The first kappa shape index (κ1) is 13.3. The smallest absolute Gasteiger partial charge is 0.165 e. The molecule has 1 atom stereocenters. The lowest BCUT2D eigenvalue weighted by molar-refractivity contribution is 0.0874. The fourth-order valence-electron chi connectivity index (χ4n) is 1.31. The standard InChI is InChI=1S/C12H14BrFO2/c1-8(16-2)6-7-11(15)9-4-3-5-10(13)12(9)14/h3-5,8H,6-7H2,1-2H3. The van der Waals surface area contributed by atoms with Gasteiger partial charge in [0, 0.05) is 13.5 Å². The molecule has 1 aromatic carbocycles. The molecule has 2 nitrogen and oxygen atoms in total. The van der Waals surface area contributed by atoms with Gasteiger partial charge in [-0.2, -0.15) is 0 Å². The minimum Gasteiger partial charge on any atom is -0.382 e. The lowest BCUT2D eigenvalue weighted by Crippen LogP contribution is -2.09. The van der Waals surface area contributed by atoms with E-state index in [0.29, 0.717) is 17.3 Å². The first-order chi connectivity index (χ1) is 7.56. The lowest BCUT2D eigenvalue weighted by atomic mass is 10.0. The Kier molecular flexibility index (Phi) is 5.09. The van der Waals surface area contributed by atoms with E-state index < -0.39 is 5.82 Å². The van der Waals surface area contributed by atoms with Crippen LogP contribution in [0.1, 0.15) is 30.1 Å². The van der Waals surface area contributed by atoms with Gasteiger partial charge in [-0.05, 0) is 41.4 Å². The molecular formula is C12H14BrFO2. The van der Waals surface area contributed by atoms with Gasteiger partial charge in [0.05, 0.1) is 16.1 Å². The van der Waals surface area contributed by atoms with Gasteiger partial charge in [-0.25, -0.2) is 4.39 Å². The number of hydrogen-bond donors (Lipinski definition) is 0. The predicted molar refractivity (Wildman–Crippen MR) is 64.1 cm³/mol. The Morgan fingerprint density at radius 2 is 2.25 bits per heavy atom. The van der Waals surface area contributed by atoms with Gasteiger partial charge in [0.15, 0.2) is 5.78 Å². The molecule has 0 aliphatic rings.